The summed E-state index contributed by atoms with van der Waals surface area (Å²) in [7, 11) is 0. The molecule has 0 saturated heterocycles. The predicted molar refractivity (Wildman–Crippen MR) is 110 cm³/mol. The summed E-state index contributed by atoms with van der Waals surface area (Å²) in [6, 6.07) is 0. The van der Waals surface area contributed by atoms with Crippen molar-refractivity contribution >= 4 is 0 Å². The van der Waals surface area contributed by atoms with Crippen LogP contribution in [-0.2, 0) is 0 Å². The molecule has 0 N–H and O–H groups in total. The minimum atomic E-state index is 2.00. The van der Waals surface area contributed by atoms with E-state index in [0.29, 0.717) is 0 Å². The Balaban J connectivity index is 2.67. The second kappa shape index (κ2) is 16.3. The zero-order chi connectivity index (χ0) is 17.0. The predicted octanol–water partition coefficient (Wildman–Crippen LogP) is 6.67. The van der Waals surface area contributed by atoms with Gasteiger partial charge in [-0.25, -0.2) is 0 Å². The molecular formula is C24H24. The summed E-state index contributed by atoms with van der Waals surface area (Å²) in [6.45, 7) is 0. The van der Waals surface area contributed by atoms with Crippen molar-refractivity contribution in [1.29, 1.82) is 0 Å². The molecule has 1 aliphatic rings. The van der Waals surface area contributed by atoms with Gasteiger partial charge in [0.25, 0.3) is 0 Å². The molecule has 0 spiro atoms. The summed E-state index contributed by atoms with van der Waals surface area (Å²) >= 11 is 0. The molecule has 0 heteroatoms. The third kappa shape index (κ3) is 13.8. The maximum atomic E-state index is 2.00. The molecule has 0 nitrogen and oxygen atoms in total. The lowest BCUT2D eigenvalue weighted by atomic mass is 10.3. The second-order valence-corrected chi connectivity index (χ2v) is 4.62. The Morgan fingerprint density at radius 2 is 0.125 bits per heavy atom. The van der Waals surface area contributed by atoms with Crippen LogP contribution in [0, 0.1) is 0 Å². The Kier molecular flexibility index (Phi) is 12.8. The lowest BCUT2D eigenvalue weighted by molar-refractivity contribution is 1.81. The fourth-order valence-corrected chi connectivity index (χ4v) is 1.54. The summed E-state index contributed by atoms with van der Waals surface area (Å²) in [5.74, 6) is 0. The van der Waals surface area contributed by atoms with E-state index in [9.17, 15) is 0 Å². The minimum Gasteiger partial charge on any atom is -0.0623 e. The summed E-state index contributed by atoms with van der Waals surface area (Å²) in [4.78, 5) is 0. The van der Waals surface area contributed by atoms with Crippen LogP contribution in [0.25, 0.3) is 0 Å². The fourth-order valence-electron chi connectivity index (χ4n) is 1.54. The first kappa shape index (κ1) is 18.9. The SMILES string of the molecule is C1=C\C=C/C=C\C=C/C=C\C=C/C=C\C=C/C=C\C=C/C=C\C=C/1. The maximum Gasteiger partial charge on any atom is -0.0623 e. The molecule has 1 aliphatic carbocycles. The van der Waals surface area contributed by atoms with E-state index in [-0.39, 0.29) is 0 Å². The van der Waals surface area contributed by atoms with Crippen molar-refractivity contribution < 1.29 is 0 Å². The van der Waals surface area contributed by atoms with E-state index in [1.807, 2.05) is 146 Å². The van der Waals surface area contributed by atoms with Gasteiger partial charge in [0.2, 0.25) is 0 Å². The fraction of sp³-hybridized carbons (Fsp3) is 0. The third-order valence-corrected chi connectivity index (χ3v) is 2.67. The van der Waals surface area contributed by atoms with Crippen LogP contribution in [0.15, 0.2) is 146 Å². The molecule has 0 fully saturated rings. The van der Waals surface area contributed by atoms with Gasteiger partial charge in [0, 0.05) is 0 Å². The van der Waals surface area contributed by atoms with Gasteiger partial charge in [-0.15, -0.1) is 0 Å². The molecule has 0 radical (unpaired) electrons. The molecule has 0 unspecified atom stereocenters. The zero-order valence-electron chi connectivity index (χ0n) is 13.9. The molecule has 0 aliphatic heterocycles. The van der Waals surface area contributed by atoms with Crippen molar-refractivity contribution in [2.75, 3.05) is 0 Å². The van der Waals surface area contributed by atoms with Gasteiger partial charge in [0.15, 0.2) is 0 Å². The Hall–Kier alpha value is -3.12. The van der Waals surface area contributed by atoms with Crippen molar-refractivity contribution in [3.63, 3.8) is 0 Å². The summed E-state index contributed by atoms with van der Waals surface area (Å²) < 4.78 is 0. The molecule has 1 rings (SSSR count). The van der Waals surface area contributed by atoms with Gasteiger partial charge in [-0.3, -0.25) is 0 Å². The molecule has 0 bridgehead atoms. The Labute approximate surface area is 146 Å². The van der Waals surface area contributed by atoms with Gasteiger partial charge >= 0.3 is 0 Å². The van der Waals surface area contributed by atoms with Crippen LogP contribution in [0.1, 0.15) is 0 Å². The summed E-state index contributed by atoms with van der Waals surface area (Å²) in [5, 5.41) is 0. The molecule has 0 heterocycles. The molecule has 0 aromatic rings. The normalized spacial score (nSPS) is 32.0. The molecule has 0 amide bonds. The third-order valence-electron chi connectivity index (χ3n) is 2.67. The van der Waals surface area contributed by atoms with Crippen LogP contribution in [0.2, 0.25) is 0 Å². The average Bonchev–Trinajstić information content (AvgIpc) is 2.59. The van der Waals surface area contributed by atoms with Gasteiger partial charge < -0.3 is 0 Å². The number of hydrogen-bond acceptors (Lipinski definition) is 0. The molecule has 0 saturated carbocycles. The highest BCUT2D eigenvalue weighted by atomic mass is 13.7. The van der Waals surface area contributed by atoms with Crippen LogP contribution in [0.4, 0.5) is 0 Å². The van der Waals surface area contributed by atoms with Gasteiger partial charge in [0.1, 0.15) is 0 Å². The highest BCUT2D eigenvalue weighted by molar-refractivity contribution is 5.24. The van der Waals surface area contributed by atoms with E-state index in [1.165, 1.54) is 0 Å². The largest absolute Gasteiger partial charge is 0.0623 e. The minimum absolute atomic E-state index is 2.00. The second-order valence-electron chi connectivity index (χ2n) is 4.62. The maximum absolute atomic E-state index is 2.00. The van der Waals surface area contributed by atoms with Gasteiger partial charge in [0.05, 0.1) is 0 Å². The van der Waals surface area contributed by atoms with Crippen LogP contribution in [0.3, 0.4) is 0 Å². The van der Waals surface area contributed by atoms with E-state index in [1.54, 1.807) is 0 Å². The van der Waals surface area contributed by atoms with Gasteiger partial charge in [-0.2, -0.15) is 0 Å². The van der Waals surface area contributed by atoms with Crippen LogP contribution < -0.4 is 0 Å². The van der Waals surface area contributed by atoms with E-state index < -0.39 is 0 Å². The molecular weight excluding hydrogens is 288 g/mol. The topological polar surface area (TPSA) is 0 Å². The van der Waals surface area contributed by atoms with Crippen LogP contribution >= 0.6 is 0 Å². The number of allylic oxidation sites excluding steroid dienone is 24. The highest BCUT2D eigenvalue weighted by Gasteiger charge is 1.67. The highest BCUT2D eigenvalue weighted by Crippen LogP contribution is 1.88. The average molecular weight is 312 g/mol. The first-order valence-corrected chi connectivity index (χ1v) is 8.00. The van der Waals surface area contributed by atoms with E-state index in [0.717, 1.165) is 0 Å². The molecule has 0 atom stereocenters. The monoisotopic (exact) mass is 312 g/mol. The molecule has 120 valence electrons. The standard InChI is InChI=1S/C24H24/c1-2-4-6-8-10-12-14-16-18-20-22-24-23-21-19-17-15-13-11-9-7-5-3-1/h1-24H/b2-1-,3-1?,4-2?,5-3-,6-4-,7-5?,8-6?,9-7-,10-8-,11-9?,12-10?,13-11-,14-12-,15-13?,16-14?,17-15-,18-16-,19-17?,20-18?,21-19-,22-20-,23-21?,24-22?,24-23-. The first-order chi connectivity index (χ1) is 12.0. The zero-order valence-corrected chi connectivity index (χ0v) is 13.9. The Morgan fingerprint density at radius 3 is 0.167 bits per heavy atom. The molecule has 0 aromatic heterocycles. The van der Waals surface area contributed by atoms with E-state index in [4.69, 9.17) is 0 Å². The Morgan fingerprint density at radius 1 is 0.0833 bits per heavy atom. The summed E-state index contributed by atoms with van der Waals surface area (Å²) in [6.07, 6.45) is 48.0. The van der Waals surface area contributed by atoms with Crippen molar-refractivity contribution in [1.82, 2.24) is 0 Å². The number of hydrogen-bond donors (Lipinski definition) is 0. The van der Waals surface area contributed by atoms with Crippen molar-refractivity contribution in [3.8, 4) is 0 Å². The quantitative estimate of drug-likeness (QED) is 0.468. The first-order valence-electron chi connectivity index (χ1n) is 8.00. The molecule has 24 heavy (non-hydrogen) atoms. The molecule has 0 aromatic carbocycles. The van der Waals surface area contributed by atoms with Crippen LogP contribution in [-0.4, -0.2) is 0 Å². The number of rotatable bonds is 0. The lowest BCUT2D eigenvalue weighted by Crippen LogP contribution is -1.55. The van der Waals surface area contributed by atoms with Gasteiger partial charge in [-0.1, -0.05) is 146 Å². The lowest BCUT2D eigenvalue weighted by Gasteiger charge is -1.77. The smallest absolute Gasteiger partial charge is 0.0623 e. The van der Waals surface area contributed by atoms with Crippen molar-refractivity contribution in [3.05, 3.63) is 146 Å². The Bertz CT molecular complexity index is 398. The van der Waals surface area contributed by atoms with Crippen LogP contribution in [0.5, 0.6) is 0 Å². The van der Waals surface area contributed by atoms with Crippen molar-refractivity contribution in [2.45, 2.75) is 0 Å². The van der Waals surface area contributed by atoms with Gasteiger partial charge in [-0.05, 0) is 0 Å². The van der Waals surface area contributed by atoms with Crippen molar-refractivity contribution in [2.24, 2.45) is 0 Å². The summed E-state index contributed by atoms with van der Waals surface area (Å²) in [5.41, 5.74) is 0. The van der Waals surface area contributed by atoms with E-state index >= 15 is 0 Å². The van der Waals surface area contributed by atoms with E-state index in [2.05, 4.69) is 0 Å².